The minimum atomic E-state index is 0.715. The molecule has 0 aromatic heterocycles. The Morgan fingerprint density at radius 3 is 1.75 bits per heavy atom. The molecule has 0 heterocycles. The molecule has 0 aliphatic rings. The molecule has 2 aromatic rings. The monoisotopic (exact) mass is 267 g/mol. The highest BCUT2D eigenvalue weighted by molar-refractivity contribution is 5.63. The first-order valence-electron chi connectivity index (χ1n) is 7.52. The molecule has 0 unspecified atom stereocenters. The molecule has 1 nitrogen and oxygen atoms in total. The van der Waals surface area contributed by atoms with Crippen LogP contribution < -0.4 is 5.32 Å². The Balaban J connectivity index is 2.07. The molecule has 0 fully saturated rings. The average molecular weight is 267 g/mol. The summed E-state index contributed by atoms with van der Waals surface area (Å²) in [5, 5.41) is 3.18. The summed E-state index contributed by atoms with van der Waals surface area (Å²) in [7, 11) is 1.99. The molecule has 0 saturated carbocycles. The summed E-state index contributed by atoms with van der Waals surface area (Å²) in [6.45, 7) is 5.55. The van der Waals surface area contributed by atoms with E-state index in [1.54, 1.807) is 0 Å². The minimum absolute atomic E-state index is 0.715. The van der Waals surface area contributed by atoms with Gasteiger partial charge in [0.05, 0.1) is 0 Å². The van der Waals surface area contributed by atoms with Crippen LogP contribution in [0.5, 0.6) is 0 Å². The lowest BCUT2D eigenvalue weighted by Crippen LogP contribution is -2.10. The van der Waals surface area contributed by atoms with Crippen LogP contribution in [0.1, 0.15) is 25.0 Å². The van der Waals surface area contributed by atoms with Gasteiger partial charge in [0.2, 0.25) is 0 Å². The zero-order valence-electron chi connectivity index (χ0n) is 12.8. The maximum absolute atomic E-state index is 3.18. The molecule has 106 valence electrons. The van der Waals surface area contributed by atoms with Gasteiger partial charge in [-0.1, -0.05) is 62.4 Å². The largest absolute Gasteiger partial charge is 0.319 e. The van der Waals surface area contributed by atoms with Crippen molar-refractivity contribution in [3.8, 4) is 11.1 Å². The molecule has 0 saturated heterocycles. The summed E-state index contributed by atoms with van der Waals surface area (Å²) < 4.78 is 0. The van der Waals surface area contributed by atoms with Gasteiger partial charge in [0, 0.05) is 0 Å². The van der Waals surface area contributed by atoms with Crippen LogP contribution in [0.2, 0.25) is 0 Å². The summed E-state index contributed by atoms with van der Waals surface area (Å²) in [5.74, 6) is 0.715. The number of rotatable bonds is 6. The smallest absolute Gasteiger partial charge is 0.00114 e. The van der Waals surface area contributed by atoms with E-state index >= 15 is 0 Å². The summed E-state index contributed by atoms with van der Waals surface area (Å²) in [4.78, 5) is 0. The number of hydrogen-bond donors (Lipinski definition) is 1. The van der Waals surface area contributed by atoms with Gasteiger partial charge in [0.1, 0.15) is 0 Å². The first kappa shape index (κ1) is 14.8. The molecule has 0 atom stereocenters. The fourth-order valence-corrected chi connectivity index (χ4v) is 2.44. The topological polar surface area (TPSA) is 12.0 Å². The van der Waals surface area contributed by atoms with Gasteiger partial charge in [-0.3, -0.25) is 0 Å². The van der Waals surface area contributed by atoms with Crippen molar-refractivity contribution in [3.05, 3.63) is 59.7 Å². The number of hydrogen-bond acceptors (Lipinski definition) is 1. The van der Waals surface area contributed by atoms with Crippen LogP contribution >= 0.6 is 0 Å². The van der Waals surface area contributed by atoms with Gasteiger partial charge < -0.3 is 5.32 Å². The molecule has 2 aromatic carbocycles. The van der Waals surface area contributed by atoms with E-state index in [4.69, 9.17) is 0 Å². The Kier molecular flexibility index (Phi) is 5.37. The van der Waals surface area contributed by atoms with Gasteiger partial charge in [0.15, 0.2) is 0 Å². The second kappa shape index (κ2) is 7.25. The first-order chi connectivity index (χ1) is 9.69. The maximum Gasteiger partial charge on any atom is -0.00114 e. The van der Waals surface area contributed by atoms with Crippen molar-refractivity contribution >= 4 is 0 Å². The highest BCUT2D eigenvalue weighted by Gasteiger charge is 2.01. The van der Waals surface area contributed by atoms with Crippen molar-refractivity contribution in [1.82, 2.24) is 5.32 Å². The Hall–Kier alpha value is -1.60. The van der Waals surface area contributed by atoms with Crippen molar-refractivity contribution < 1.29 is 0 Å². The van der Waals surface area contributed by atoms with E-state index < -0.39 is 0 Å². The highest BCUT2D eigenvalue weighted by atomic mass is 14.8. The van der Waals surface area contributed by atoms with Crippen LogP contribution in [0.25, 0.3) is 11.1 Å². The van der Waals surface area contributed by atoms with Crippen LogP contribution in [0.15, 0.2) is 48.5 Å². The lowest BCUT2D eigenvalue weighted by molar-refractivity contribution is 0.647. The standard InChI is InChI=1S/C19H25N/c1-15(2)14-17-6-10-19(11-7-17)18-8-4-16(5-9-18)12-13-20-3/h4-11,15,20H,12-14H2,1-3H3. The highest BCUT2D eigenvalue weighted by Crippen LogP contribution is 2.21. The Labute approximate surface area is 123 Å². The summed E-state index contributed by atoms with van der Waals surface area (Å²) in [5.41, 5.74) is 5.42. The van der Waals surface area contributed by atoms with Crippen LogP contribution in [-0.2, 0) is 12.8 Å². The van der Waals surface area contributed by atoms with Gasteiger partial charge in [-0.2, -0.15) is 0 Å². The second-order valence-corrected chi connectivity index (χ2v) is 5.85. The number of likely N-dealkylation sites (N-methyl/N-ethyl adjacent to an activating group) is 1. The van der Waals surface area contributed by atoms with E-state index in [9.17, 15) is 0 Å². The maximum atomic E-state index is 3.18. The van der Waals surface area contributed by atoms with Crippen molar-refractivity contribution in [2.75, 3.05) is 13.6 Å². The van der Waals surface area contributed by atoms with E-state index in [1.165, 1.54) is 22.3 Å². The quantitative estimate of drug-likeness (QED) is 0.822. The molecule has 0 amide bonds. The molecule has 2 rings (SSSR count). The predicted molar refractivity (Wildman–Crippen MR) is 88.1 cm³/mol. The zero-order valence-corrected chi connectivity index (χ0v) is 12.8. The van der Waals surface area contributed by atoms with Crippen LogP contribution in [-0.4, -0.2) is 13.6 Å². The lowest BCUT2D eigenvalue weighted by atomic mass is 9.98. The van der Waals surface area contributed by atoms with Gasteiger partial charge in [-0.15, -0.1) is 0 Å². The van der Waals surface area contributed by atoms with E-state index in [-0.39, 0.29) is 0 Å². The van der Waals surface area contributed by atoms with Crippen LogP contribution in [0, 0.1) is 5.92 Å². The molecule has 20 heavy (non-hydrogen) atoms. The third kappa shape index (κ3) is 4.21. The number of benzene rings is 2. The van der Waals surface area contributed by atoms with E-state index in [2.05, 4.69) is 67.7 Å². The first-order valence-corrected chi connectivity index (χ1v) is 7.52. The third-order valence-corrected chi connectivity index (χ3v) is 3.55. The van der Waals surface area contributed by atoms with Gasteiger partial charge >= 0.3 is 0 Å². The molecule has 0 radical (unpaired) electrons. The summed E-state index contributed by atoms with van der Waals surface area (Å²) >= 11 is 0. The fraction of sp³-hybridized carbons (Fsp3) is 0.368. The average Bonchev–Trinajstić information content (AvgIpc) is 2.46. The molecule has 0 aliphatic carbocycles. The van der Waals surface area contributed by atoms with Crippen molar-refractivity contribution in [2.24, 2.45) is 5.92 Å². The Morgan fingerprint density at radius 1 is 0.800 bits per heavy atom. The van der Waals surface area contributed by atoms with E-state index in [1.807, 2.05) is 7.05 Å². The predicted octanol–water partition coefficient (Wildman–Crippen LogP) is 4.31. The fourth-order valence-electron chi connectivity index (χ4n) is 2.44. The third-order valence-electron chi connectivity index (χ3n) is 3.55. The molecule has 1 heteroatoms. The number of nitrogens with one attached hydrogen (secondary N) is 1. The molecular weight excluding hydrogens is 242 g/mol. The summed E-state index contributed by atoms with van der Waals surface area (Å²) in [6, 6.07) is 17.9. The molecule has 0 spiro atoms. The Morgan fingerprint density at radius 2 is 1.30 bits per heavy atom. The van der Waals surface area contributed by atoms with Gasteiger partial charge in [-0.25, -0.2) is 0 Å². The van der Waals surface area contributed by atoms with Crippen molar-refractivity contribution in [3.63, 3.8) is 0 Å². The van der Waals surface area contributed by atoms with Crippen LogP contribution in [0.3, 0.4) is 0 Å². The normalized spacial score (nSPS) is 11.0. The van der Waals surface area contributed by atoms with Gasteiger partial charge in [0.25, 0.3) is 0 Å². The van der Waals surface area contributed by atoms with E-state index in [0.717, 1.165) is 19.4 Å². The van der Waals surface area contributed by atoms with E-state index in [0.29, 0.717) is 5.92 Å². The van der Waals surface area contributed by atoms with Crippen LogP contribution in [0.4, 0.5) is 0 Å². The van der Waals surface area contributed by atoms with Crippen molar-refractivity contribution in [2.45, 2.75) is 26.7 Å². The molecule has 1 N–H and O–H groups in total. The lowest BCUT2D eigenvalue weighted by Gasteiger charge is -2.07. The minimum Gasteiger partial charge on any atom is -0.319 e. The molecular formula is C19H25N. The molecule has 0 aliphatic heterocycles. The SMILES string of the molecule is CNCCc1ccc(-c2ccc(CC(C)C)cc2)cc1. The van der Waals surface area contributed by atoms with Gasteiger partial charge in [-0.05, 0) is 54.6 Å². The van der Waals surface area contributed by atoms with Crippen molar-refractivity contribution in [1.29, 1.82) is 0 Å². The summed E-state index contributed by atoms with van der Waals surface area (Å²) in [6.07, 6.45) is 2.24. The Bertz CT molecular complexity index is 508. The zero-order chi connectivity index (χ0) is 14.4. The second-order valence-electron chi connectivity index (χ2n) is 5.85. The molecule has 0 bridgehead atoms.